The van der Waals surface area contributed by atoms with Gasteiger partial charge in [-0.1, -0.05) is 9.13 Å². The summed E-state index contributed by atoms with van der Waals surface area (Å²) < 4.78 is 18.9. The molecule has 0 aliphatic rings. The van der Waals surface area contributed by atoms with E-state index < -0.39 is 22.0 Å². The maximum Gasteiger partial charge on any atom is 1.00 e. The molecule has 0 rings (SSSR count). The van der Waals surface area contributed by atoms with Crippen LogP contribution in [0.1, 0.15) is 0 Å². The maximum absolute atomic E-state index is 9.46. The zero-order valence-corrected chi connectivity index (χ0v) is 11.0. The zero-order chi connectivity index (χ0) is 5.86. The molecule has 0 N–H and O–H groups in total. The van der Waals surface area contributed by atoms with E-state index in [1.165, 1.54) is 0 Å². The van der Waals surface area contributed by atoms with E-state index in [2.05, 4.69) is 0 Å². The second kappa shape index (κ2) is 10.1. The van der Waals surface area contributed by atoms with Crippen LogP contribution in [0, 0.1) is 0 Å². The van der Waals surface area contributed by atoms with Crippen LogP contribution in [0.15, 0.2) is 0 Å². The molecule has 0 aromatic carbocycles. The van der Waals surface area contributed by atoms with Crippen LogP contribution in [0.4, 0.5) is 0 Å². The van der Waals surface area contributed by atoms with Crippen molar-refractivity contribution in [1.82, 2.24) is 0 Å². The first-order valence-electron chi connectivity index (χ1n) is 1.36. The van der Waals surface area contributed by atoms with Crippen molar-refractivity contribution in [2.75, 3.05) is 5.90 Å². The molecule has 0 spiro atoms. The van der Waals surface area contributed by atoms with Crippen LogP contribution in [0.5, 0.6) is 0 Å². The smallest absolute Gasteiger partial charge is 0.592 e. The third-order valence-corrected chi connectivity index (χ3v) is 2.08. The first kappa shape index (κ1) is 17.3. The van der Waals surface area contributed by atoms with Crippen molar-refractivity contribution in [3.63, 3.8) is 0 Å². The monoisotopic (exact) mass is 186 g/mol. The van der Waals surface area contributed by atoms with Crippen molar-refractivity contribution < 1.29 is 78.0 Å². The Hall–Kier alpha value is 2.12. The Morgan fingerprint density at radius 3 is 1.22 bits per heavy atom. The number of hydrogen-bond donors (Lipinski definition) is 0. The van der Waals surface area contributed by atoms with E-state index in [-0.39, 0.29) is 59.1 Å². The Balaban J connectivity index is -0.000000180. The van der Waals surface area contributed by atoms with Crippen LogP contribution in [-0.2, 0) is 9.13 Å². The van der Waals surface area contributed by atoms with Crippen LogP contribution >= 0.6 is 16.1 Å². The molecule has 0 aromatic heterocycles. The summed E-state index contributed by atoms with van der Waals surface area (Å²) in [5.41, 5.74) is 0. The average molecular weight is 186 g/mol. The molecule has 0 bridgehead atoms. The van der Waals surface area contributed by atoms with Crippen molar-refractivity contribution in [1.29, 1.82) is 0 Å². The molecule has 0 aliphatic heterocycles. The summed E-state index contributed by atoms with van der Waals surface area (Å²) in [6.45, 7) is 0. The van der Waals surface area contributed by atoms with Crippen LogP contribution in [0.25, 0.3) is 0 Å². The van der Waals surface area contributed by atoms with Crippen molar-refractivity contribution in [2.45, 2.75) is 0 Å². The second-order valence-electron chi connectivity index (χ2n) is 0.807. The van der Waals surface area contributed by atoms with Gasteiger partial charge in [0.25, 0.3) is 0 Å². The summed E-state index contributed by atoms with van der Waals surface area (Å²) in [7, 11) is -5.47. The summed E-state index contributed by atoms with van der Waals surface area (Å²) in [4.78, 5) is 18.9. The van der Waals surface area contributed by atoms with E-state index in [1.807, 2.05) is 0 Å². The molecule has 2 unspecified atom stereocenters. The molecule has 0 saturated heterocycles. The first-order chi connectivity index (χ1) is 3.13. The summed E-state index contributed by atoms with van der Waals surface area (Å²) in [6, 6.07) is 0. The fourth-order valence-electron chi connectivity index (χ4n) is 0.0943. The van der Waals surface area contributed by atoms with Crippen molar-refractivity contribution in [2.24, 2.45) is 0 Å². The SMILES string of the molecule is O=[P+]([O-])C[P+](=O)[O-].[Na+].[Na+]. The van der Waals surface area contributed by atoms with Gasteiger partial charge >= 0.3 is 81.1 Å². The van der Waals surface area contributed by atoms with E-state index in [9.17, 15) is 18.9 Å². The molecular formula is CH2Na2O4P2+2. The van der Waals surface area contributed by atoms with Gasteiger partial charge in [-0.3, -0.25) is 0 Å². The van der Waals surface area contributed by atoms with E-state index in [0.717, 1.165) is 0 Å². The minimum absolute atomic E-state index is 0. The Labute approximate surface area is 98.7 Å². The second-order valence-corrected chi connectivity index (χ2v) is 3.27. The number of rotatable bonds is 2. The number of hydrogen-bond acceptors (Lipinski definition) is 4. The standard InChI is InChI=1S/CH2O4P2.2Na/c2-6(3)1-7(4)5;;/h1H2;;/q;2*+1. The molecule has 2 atom stereocenters. The first-order valence-corrected chi connectivity index (χ1v) is 4.09. The van der Waals surface area contributed by atoms with Gasteiger partial charge in [0, 0.05) is 0 Å². The molecule has 0 saturated carbocycles. The molecule has 0 fully saturated rings. The van der Waals surface area contributed by atoms with Gasteiger partial charge < -0.3 is 9.79 Å². The van der Waals surface area contributed by atoms with Gasteiger partial charge in [-0.25, -0.2) is 0 Å². The Morgan fingerprint density at radius 1 is 1.00 bits per heavy atom. The predicted molar refractivity (Wildman–Crippen MR) is 20.1 cm³/mol. The van der Waals surface area contributed by atoms with Crippen LogP contribution in [0.3, 0.4) is 0 Å². The average Bonchev–Trinajstić information content (AvgIpc) is 1.27. The molecule has 9 heavy (non-hydrogen) atoms. The Bertz CT molecular complexity index is 92.7. The van der Waals surface area contributed by atoms with Gasteiger partial charge in [0.2, 0.25) is 0 Å². The van der Waals surface area contributed by atoms with Crippen LogP contribution < -0.4 is 68.9 Å². The van der Waals surface area contributed by atoms with Gasteiger partial charge in [-0.15, -0.1) is 0 Å². The van der Waals surface area contributed by atoms with Crippen molar-refractivity contribution >= 4 is 16.1 Å². The summed E-state index contributed by atoms with van der Waals surface area (Å²) in [5.74, 6) is -0.731. The van der Waals surface area contributed by atoms with E-state index >= 15 is 0 Å². The molecule has 0 aliphatic carbocycles. The summed E-state index contributed by atoms with van der Waals surface area (Å²) in [5, 5.41) is 0. The Morgan fingerprint density at radius 2 is 1.22 bits per heavy atom. The molecule has 0 radical (unpaired) electrons. The quantitative estimate of drug-likeness (QED) is 0.317. The van der Waals surface area contributed by atoms with Crippen LogP contribution in [0.2, 0.25) is 0 Å². The van der Waals surface area contributed by atoms with Gasteiger partial charge in [-0.05, 0) is 0 Å². The Kier molecular flexibility index (Phi) is 19.4. The molecule has 0 aromatic rings. The minimum atomic E-state index is -2.74. The summed E-state index contributed by atoms with van der Waals surface area (Å²) in [6.07, 6.45) is 0. The van der Waals surface area contributed by atoms with Gasteiger partial charge in [-0.2, -0.15) is 0 Å². The molecule has 0 heterocycles. The molecular weight excluding hydrogens is 184 g/mol. The molecule has 8 heteroatoms. The molecule has 40 valence electrons. The molecule has 0 amide bonds. The van der Waals surface area contributed by atoms with Gasteiger partial charge in [0.1, 0.15) is 0 Å². The molecule has 4 nitrogen and oxygen atoms in total. The van der Waals surface area contributed by atoms with Crippen LogP contribution in [-0.4, -0.2) is 5.90 Å². The van der Waals surface area contributed by atoms with Crippen molar-refractivity contribution in [3.05, 3.63) is 0 Å². The third-order valence-electron chi connectivity index (χ3n) is 0.231. The van der Waals surface area contributed by atoms with Crippen molar-refractivity contribution in [3.8, 4) is 0 Å². The largest absolute Gasteiger partial charge is 1.00 e. The fourth-order valence-corrected chi connectivity index (χ4v) is 0.849. The predicted octanol–water partition coefficient (Wildman–Crippen LogP) is -6.84. The van der Waals surface area contributed by atoms with Gasteiger partial charge in [0.15, 0.2) is 0 Å². The topological polar surface area (TPSA) is 80.3 Å². The third kappa shape index (κ3) is 17.8. The van der Waals surface area contributed by atoms with E-state index in [0.29, 0.717) is 0 Å². The minimum Gasteiger partial charge on any atom is -0.592 e. The maximum atomic E-state index is 9.46. The van der Waals surface area contributed by atoms with E-state index in [1.54, 1.807) is 0 Å². The normalized spacial score (nSPS) is 10.4. The van der Waals surface area contributed by atoms with E-state index in [4.69, 9.17) is 0 Å². The summed E-state index contributed by atoms with van der Waals surface area (Å²) >= 11 is 0. The van der Waals surface area contributed by atoms with Gasteiger partial charge in [0.05, 0.1) is 0 Å². The fraction of sp³-hybridized carbons (Fsp3) is 1.00. The zero-order valence-electron chi connectivity index (χ0n) is 5.23.